The van der Waals surface area contributed by atoms with Crippen molar-refractivity contribution < 1.29 is 19.4 Å². The number of carboxylic acid groups (broad SMARTS) is 1. The van der Waals surface area contributed by atoms with Crippen molar-refractivity contribution in [1.29, 1.82) is 0 Å². The smallest absolute Gasteiger partial charge is 0.339 e. The van der Waals surface area contributed by atoms with E-state index in [1.54, 1.807) is 6.07 Å². The van der Waals surface area contributed by atoms with Crippen LogP contribution in [0.3, 0.4) is 0 Å². The van der Waals surface area contributed by atoms with E-state index in [1.807, 2.05) is 0 Å². The van der Waals surface area contributed by atoms with Crippen molar-refractivity contribution in [2.24, 2.45) is 0 Å². The van der Waals surface area contributed by atoms with E-state index < -0.39 is 5.97 Å². The number of anilines is 1. The average molecular weight is 221 g/mol. The van der Waals surface area contributed by atoms with Gasteiger partial charge in [-0.2, -0.15) is 0 Å². The fourth-order valence-electron chi connectivity index (χ4n) is 1.77. The molecule has 16 heavy (non-hydrogen) atoms. The number of carboxylic acids is 1. The number of ether oxygens (including phenoxy) is 1. The molecule has 1 aromatic rings. The molecule has 1 amide bonds. The molecule has 0 aliphatic carbocycles. The number of hydrogen-bond acceptors (Lipinski definition) is 3. The maximum atomic E-state index is 11.0. The normalized spacial score (nSPS) is 12.8. The summed E-state index contributed by atoms with van der Waals surface area (Å²) in [5.74, 6) is -0.830. The third-order valence-corrected chi connectivity index (χ3v) is 2.40. The van der Waals surface area contributed by atoms with Crippen LogP contribution in [-0.2, 0) is 11.2 Å². The Hall–Kier alpha value is -2.04. The molecule has 1 heterocycles. The largest absolute Gasteiger partial charge is 0.492 e. The molecule has 0 unspecified atom stereocenters. The van der Waals surface area contributed by atoms with Crippen LogP contribution in [0.4, 0.5) is 5.69 Å². The van der Waals surface area contributed by atoms with E-state index in [0.717, 1.165) is 5.56 Å². The molecule has 0 bridgehead atoms. The molecule has 84 valence electrons. The molecule has 0 fully saturated rings. The van der Waals surface area contributed by atoms with Crippen LogP contribution in [0.5, 0.6) is 5.75 Å². The minimum Gasteiger partial charge on any atom is -0.492 e. The van der Waals surface area contributed by atoms with Crippen LogP contribution >= 0.6 is 0 Å². The molecule has 0 saturated carbocycles. The van der Waals surface area contributed by atoms with Crippen LogP contribution in [0.15, 0.2) is 12.1 Å². The van der Waals surface area contributed by atoms with E-state index in [-0.39, 0.29) is 11.5 Å². The minimum absolute atomic E-state index is 0.140. The van der Waals surface area contributed by atoms with E-state index in [0.29, 0.717) is 24.5 Å². The van der Waals surface area contributed by atoms with Crippen LogP contribution in [0.1, 0.15) is 22.8 Å². The van der Waals surface area contributed by atoms with Gasteiger partial charge in [0.1, 0.15) is 11.3 Å². The fourth-order valence-corrected chi connectivity index (χ4v) is 1.77. The van der Waals surface area contributed by atoms with Crippen molar-refractivity contribution in [3.63, 3.8) is 0 Å². The minimum atomic E-state index is -1.02. The maximum absolute atomic E-state index is 11.0. The standard InChI is InChI=1S/C11H11NO4/c1-6(13)12-9-3-2-8(11(14)15)10-7(9)4-5-16-10/h2-3H,4-5H2,1H3,(H,12,13)(H,14,15). The third kappa shape index (κ3) is 1.71. The Labute approximate surface area is 92.0 Å². The molecule has 2 rings (SSSR count). The predicted octanol–water partition coefficient (Wildman–Crippen LogP) is 1.28. The van der Waals surface area contributed by atoms with E-state index >= 15 is 0 Å². The Morgan fingerprint density at radius 2 is 2.19 bits per heavy atom. The SMILES string of the molecule is CC(=O)Nc1ccc(C(=O)O)c2c1CCO2. The van der Waals surface area contributed by atoms with Gasteiger partial charge in [0.2, 0.25) is 5.91 Å². The lowest BCUT2D eigenvalue weighted by Crippen LogP contribution is -2.08. The van der Waals surface area contributed by atoms with Crippen molar-refractivity contribution in [2.75, 3.05) is 11.9 Å². The number of carbonyl (C=O) groups is 2. The number of benzene rings is 1. The lowest BCUT2D eigenvalue weighted by atomic mass is 10.1. The zero-order valence-corrected chi connectivity index (χ0v) is 8.74. The van der Waals surface area contributed by atoms with Gasteiger partial charge < -0.3 is 15.2 Å². The summed E-state index contributed by atoms with van der Waals surface area (Å²) in [5.41, 5.74) is 1.53. The quantitative estimate of drug-likeness (QED) is 0.788. The molecule has 5 heteroatoms. The highest BCUT2D eigenvalue weighted by atomic mass is 16.5. The van der Waals surface area contributed by atoms with Gasteiger partial charge in [0.25, 0.3) is 0 Å². The predicted molar refractivity (Wildman–Crippen MR) is 56.9 cm³/mol. The molecule has 1 aliphatic rings. The van der Waals surface area contributed by atoms with Crippen molar-refractivity contribution in [1.82, 2.24) is 0 Å². The van der Waals surface area contributed by atoms with Crippen molar-refractivity contribution in [3.8, 4) is 5.75 Å². The van der Waals surface area contributed by atoms with Crippen LogP contribution in [0.2, 0.25) is 0 Å². The highest BCUT2D eigenvalue weighted by molar-refractivity contribution is 5.95. The topological polar surface area (TPSA) is 75.6 Å². The van der Waals surface area contributed by atoms with Gasteiger partial charge in [-0.15, -0.1) is 0 Å². The van der Waals surface area contributed by atoms with Crippen molar-refractivity contribution in [3.05, 3.63) is 23.3 Å². The molecule has 0 saturated heterocycles. The molecule has 1 aromatic carbocycles. The monoisotopic (exact) mass is 221 g/mol. The molecule has 2 N–H and O–H groups in total. The second-order valence-corrected chi connectivity index (χ2v) is 3.55. The summed E-state index contributed by atoms with van der Waals surface area (Å²) in [6.45, 7) is 1.86. The summed E-state index contributed by atoms with van der Waals surface area (Å²) in [4.78, 5) is 21.9. The molecular formula is C11H11NO4. The van der Waals surface area contributed by atoms with Crippen LogP contribution in [-0.4, -0.2) is 23.6 Å². The highest BCUT2D eigenvalue weighted by Gasteiger charge is 2.23. The number of amides is 1. The first-order chi connectivity index (χ1) is 7.59. The number of nitrogens with one attached hydrogen (secondary N) is 1. The van der Waals surface area contributed by atoms with Gasteiger partial charge in [-0.3, -0.25) is 4.79 Å². The first-order valence-corrected chi connectivity index (χ1v) is 4.89. The Kier molecular flexibility index (Phi) is 2.52. The van der Waals surface area contributed by atoms with Gasteiger partial charge in [0, 0.05) is 24.6 Å². The van der Waals surface area contributed by atoms with Crippen molar-refractivity contribution >= 4 is 17.6 Å². The summed E-state index contributed by atoms with van der Waals surface area (Å²) in [7, 11) is 0. The average Bonchev–Trinajstić information content (AvgIpc) is 2.65. The van der Waals surface area contributed by atoms with Crippen LogP contribution in [0, 0.1) is 0 Å². The summed E-state index contributed by atoms with van der Waals surface area (Å²) < 4.78 is 5.28. The number of carbonyl (C=O) groups excluding carboxylic acids is 1. The summed E-state index contributed by atoms with van der Waals surface area (Å²) >= 11 is 0. The highest BCUT2D eigenvalue weighted by Crippen LogP contribution is 2.35. The van der Waals surface area contributed by atoms with Crippen molar-refractivity contribution in [2.45, 2.75) is 13.3 Å². The van der Waals surface area contributed by atoms with E-state index in [4.69, 9.17) is 9.84 Å². The fraction of sp³-hybridized carbons (Fsp3) is 0.273. The van der Waals surface area contributed by atoms with Crippen LogP contribution < -0.4 is 10.1 Å². The maximum Gasteiger partial charge on any atom is 0.339 e. The van der Waals surface area contributed by atoms with E-state index in [1.165, 1.54) is 13.0 Å². The molecule has 0 radical (unpaired) electrons. The van der Waals surface area contributed by atoms with Gasteiger partial charge in [-0.1, -0.05) is 0 Å². The molecule has 1 aliphatic heterocycles. The molecule has 0 atom stereocenters. The third-order valence-electron chi connectivity index (χ3n) is 2.40. The van der Waals surface area contributed by atoms with Gasteiger partial charge in [0.05, 0.1) is 6.61 Å². The summed E-state index contributed by atoms with van der Waals surface area (Å²) in [6, 6.07) is 3.04. The Morgan fingerprint density at radius 3 is 2.81 bits per heavy atom. The first-order valence-electron chi connectivity index (χ1n) is 4.89. The van der Waals surface area contributed by atoms with Gasteiger partial charge in [-0.05, 0) is 12.1 Å². The lowest BCUT2D eigenvalue weighted by molar-refractivity contribution is -0.114. The Bertz CT molecular complexity index is 467. The Balaban J connectivity index is 2.48. The summed E-state index contributed by atoms with van der Waals surface area (Å²) in [5, 5.41) is 11.6. The van der Waals surface area contributed by atoms with E-state index in [2.05, 4.69) is 5.32 Å². The lowest BCUT2D eigenvalue weighted by Gasteiger charge is -2.09. The number of aromatic carboxylic acids is 1. The zero-order chi connectivity index (χ0) is 11.7. The number of fused-ring (bicyclic) bond motifs is 1. The van der Waals surface area contributed by atoms with E-state index in [9.17, 15) is 9.59 Å². The molecule has 0 aromatic heterocycles. The van der Waals surface area contributed by atoms with Gasteiger partial charge in [0.15, 0.2) is 0 Å². The number of rotatable bonds is 2. The Morgan fingerprint density at radius 1 is 1.44 bits per heavy atom. The first kappa shape index (κ1) is 10.5. The second-order valence-electron chi connectivity index (χ2n) is 3.55. The van der Waals surface area contributed by atoms with Gasteiger partial charge >= 0.3 is 5.97 Å². The summed E-state index contributed by atoms with van der Waals surface area (Å²) in [6.07, 6.45) is 0.617. The van der Waals surface area contributed by atoms with Gasteiger partial charge in [-0.25, -0.2) is 4.79 Å². The number of hydrogen-bond donors (Lipinski definition) is 2. The molecular weight excluding hydrogens is 210 g/mol. The molecule has 5 nitrogen and oxygen atoms in total. The van der Waals surface area contributed by atoms with Crippen LogP contribution in [0.25, 0.3) is 0 Å². The zero-order valence-electron chi connectivity index (χ0n) is 8.74. The molecule has 0 spiro atoms. The second kappa shape index (κ2) is 3.84.